The smallest absolute Gasteiger partial charge is 0.313 e. The minimum atomic E-state index is -0.342. The summed E-state index contributed by atoms with van der Waals surface area (Å²) in [6.07, 6.45) is 3.13. The van der Waals surface area contributed by atoms with Gasteiger partial charge in [0.2, 0.25) is 0 Å². The van der Waals surface area contributed by atoms with E-state index in [1.807, 2.05) is 20.8 Å². The number of aromatic nitrogens is 4. The topological polar surface area (TPSA) is 69.9 Å². The molecule has 0 spiro atoms. The molecule has 0 saturated heterocycles. The summed E-state index contributed by atoms with van der Waals surface area (Å²) in [5.74, 6) is 0.106. The zero-order chi connectivity index (χ0) is 14.7. The quantitative estimate of drug-likeness (QED) is 0.797. The number of carbonyl (C=O) groups is 1. The lowest BCUT2D eigenvalue weighted by atomic mass is 9.99. The lowest BCUT2D eigenvalue weighted by molar-refractivity contribution is -0.144. The van der Waals surface area contributed by atoms with E-state index in [0.717, 1.165) is 17.0 Å². The minimum absolute atomic E-state index is 0.235. The summed E-state index contributed by atoms with van der Waals surface area (Å²) in [5.41, 5.74) is 2.59. The average Bonchev–Trinajstić information content (AvgIpc) is 2.74. The van der Waals surface area contributed by atoms with Gasteiger partial charge in [0.1, 0.15) is 6.33 Å². The molecular weight excluding hydrogens is 256 g/mol. The van der Waals surface area contributed by atoms with Crippen LogP contribution in [0.15, 0.2) is 18.6 Å². The molecule has 106 valence electrons. The van der Waals surface area contributed by atoms with Crippen LogP contribution in [0.3, 0.4) is 0 Å². The van der Waals surface area contributed by atoms with Crippen LogP contribution in [-0.2, 0) is 9.53 Å². The normalized spacial score (nSPS) is 12.2. The predicted octanol–water partition coefficient (Wildman–Crippen LogP) is 1.95. The van der Waals surface area contributed by atoms with Crippen molar-refractivity contribution in [1.29, 1.82) is 0 Å². The fourth-order valence-corrected chi connectivity index (χ4v) is 2.30. The second-order valence-corrected chi connectivity index (χ2v) is 4.54. The van der Waals surface area contributed by atoms with Crippen LogP contribution in [0.2, 0.25) is 0 Å². The maximum atomic E-state index is 11.9. The van der Waals surface area contributed by atoms with Gasteiger partial charge in [0.15, 0.2) is 5.82 Å². The Morgan fingerprint density at radius 1 is 1.45 bits per heavy atom. The number of hydrogen-bond donors (Lipinski definition) is 0. The van der Waals surface area contributed by atoms with Crippen molar-refractivity contribution in [3.8, 4) is 5.82 Å². The van der Waals surface area contributed by atoms with Crippen LogP contribution in [0.25, 0.3) is 5.82 Å². The molecule has 1 unspecified atom stereocenters. The molecule has 0 aliphatic heterocycles. The first kappa shape index (κ1) is 14.2. The highest BCUT2D eigenvalue weighted by Crippen LogP contribution is 2.25. The Morgan fingerprint density at radius 2 is 2.20 bits per heavy atom. The summed E-state index contributed by atoms with van der Waals surface area (Å²) in [7, 11) is 0. The maximum Gasteiger partial charge on any atom is 0.313 e. The second-order valence-electron chi connectivity index (χ2n) is 4.54. The van der Waals surface area contributed by atoms with Crippen molar-refractivity contribution in [3.63, 3.8) is 0 Å². The van der Waals surface area contributed by atoms with Gasteiger partial charge in [-0.2, -0.15) is 5.10 Å². The molecule has 2 aromatic heterocycles. The van der Waals surface area contributed by atoms with Gasteiger partial charge in [-0.05, 0) is 27.7 Å². The summed E-state index contributed by atoms with van der Waals surface area (Å²) in [5, 5.41) is 4.46. The number of carbonyl (C=O) groups excluding carboxylic acids is 1. The van der Waals surface area contributed by atoms with E-state index >= 15 is 0 Å². The van der Waals surface area contributed by atoms with E-state index in [2.05, 4.69) is 15.1 Å². The monoisotopic (exact) mass is 274 g/mol. The lowest BCUT2D eigenvalue weighted by Crippen LogP contribution is -2.14. The standard InChI is InChI=1S/C14H18N4O2/c1-5-20-14(19)9(2)13-10(3)17-18(11(13)4)12-6-7-15-8-16-12/h6-9H,5H2,1-4H3. The molecule has 6 heteroatoms. The molecule has 0 aliphatic rings. The van der Waals surface area contributed by atoms with Crippen molar-refractivity contribution in [2.75, 3.05) is 6.61 Å². The third-order valence-electron chi connectivity index (χ3n) is 3.20. The van der Waals surface area contributed by atoms with Crippen molar-refractivity contribution >= 4 is 5.97 Å². The van der Waals surface area contributed by atoms with Crippen LogP contribution < -0.4 is 0 Å². The molecule has 2 heterocycles. The summed E-state index contributed by atoms with van der Waals surface area (Å²) >= 11 is 0. The van der Waals surface area contributed by atoms with Crippen molar-refractivity contribution in [2.24, 2.45) is 0 Å². The molecule has 1 atom stereocenters. The van der Waals surface area contributed by atoms with Crippen LogP contribution in [0.4, 0.5) is 0 Å². The van der Waals surface area contributed by atoms with E-state index in [1.54, 1.807) is 23.9 Å². The van der Waals surface area contributed by atoms with Crippen LogP contribution in [0, 0.1) is 13.8 Å². The molecule has 0 aromatic carbocycles. The Bertz CT molecular complexity index is 607. The van der Waals surface area contributed by atoms with E-state index < -0.39 is 0 Å². The highest BCUT2D eigenvalue weighted by molar-refractivity contribution is 5.78. The molecule has 0 saturated carbocycles. The molecule has 0 amide bonds. The van der Waals surface area contributed by atoms with Gasteiger partial charge in [0, 0.05) is 23.5 Å². The molecule has 0 N–H and O–H groups in total. The minimum Gasteiger partial charge on any atom is -0.466 e. The largest absolute Gasteiger partial charge is 0.466 e. The van der Waals surface area contributed by atoms with Gasteiger partial charge < -0.3 is 4.74 Å². The summed E-state index contributed by atoms with van der Waals surface area (Å²) in [4.78, 5) is 20.0. The Balaban J connectivity index is 2.42. The maximum absolute atomic E-state index is 11.9. The van der Waals surface area contributed by atoms with Gasteiger partial charge in [0.25, 0.3) is 0 Å². The number of esters is 1. The van der Waals surface area contributed by atoms with Gasteiger partial charge in [-0.15, -0.1) is 0 Å². The summed E-state index contributed by atoms with van der Waals surface area (Å²) in [6, 6.07) is 1.78. The van der Waals surface area contributed by atoms with Crippen molar-refractivity contribution in [3.05, 3.63) is 35.5 Å². The van der Waals surface area contributed by atoms with Gasteiger partial charge in [0.05, 0.1) is 18.2 Å². The zero-order valence-corrected chi connectivity index (χ0v) is 12.1. The summed E-state index contributed by atoms with van der Waals surface area (Å²) in [6.45, 7) is 7.82. The molecule has 0 radical (unpaired) electrons. The SMILES string of the molecule is CCOC(=O)C(C)c1c(C)nn(-c2ccncn2)c1C. The summed E-state index contributed by atoms with van der Waals surface area (Å²) < 4.78 is 6.81. The molecular formula is C14H18N4O2. The number of ether oxygens (including phenoxy) is 1. The lowest BCUT2D eigenvalue weighted by Gasteiger charge is -2.11. The molecule has 0 bridgehead atoms. The van der Waals surface area contributed by atoms with Crippen molar-refractivity contribution in [1.82, 2.24) is 19.7 Å². The number of nitrogens with zero attached hydrogens (tertiary/aromatic N) is 4. The first-order valence-corrected chi connectivity index (χ1v) is 6.55. The first-order chi connectivity index (χ1) is 9.56. The molecule has 0 fully saturated rings. The molecule has 2 rings (SSSR count). The van der Waals surface area contributed by atoms with Crippen LogP contribution >= 0.6 is 0 Å². The van der Waals surface area contributed by atoms with Crippen molar-refractivity contribution in [2.45, 2.75) is 33.6 Å². The third-order valence-corrected chi connectivity index (χ3v) is 3.20. The van der Waals surface area contributed by atoms with Crippen LogP contribution in [0.5, 0.6) is 0 Å². The fraction of sp³-hybridized carbons (Fsp3) is 0.429. The van der Waals surface area contributed by atoms with Crippen molar-refractivity contribution < 1.29 is 9.53 Å². The third kappa shape index (κ3) is 2.54. The highest BCUT2D eigenvalue weighted by atomic mass is 16.5. The van der Waals surface area contributed by atoms with E-state index in [-0.39, 0.29) is 11.9 Å². The van der Waals surface area contributed by atoms with Gasteiger partial charge in [-0.25, -0.2) is 14.6 Å². The number of aryl methyl sites for hydroxylation is 1. The number of rotatable bonds is 4. The first-order valence-electron chi connectivity index (χ1n) is 6.55. The van der Waals surface area contributed by atoms with E-state index in [4.69, 9.17) is 4.74 Å². The highest BCUT2D eigenvalue weighted by Gasteiger charge is 2.24. The average molecular weight is 274 g/mol. The second kappa shape index (κ2) is 5.81. The molecule has 6 nitrogen and oxygen atoms in total. The predicted molar refractivity (Wildman–Crippen MR) is 73.7 cm³/mol. The van der Waals surface area contributed by atoms with Crippen LogP contribution in [-0.4, -0.2) is 32.3 Å². The van der Waals surface area contributed by atoms with Gasteiger partial charge in [-0.1, -0.05) is 0 Å². The van der Waals surface area contributed by atoms with E-state index in [9.17, 15) is 4.79 Å². The van der Waals surface area contributed by atoms with E-state index in [0.29, 0.717) is 12.4 Å². The molecule has 20 heavy (non-hydrogen) atoms. The number of hydrogen-bond acceptors (Lipinski definition) is 5. The van der Waals surface area contributed by atoms with Gasteiger partial charge in [-0.3, -0.25) is 4.79 Å². The Labute approximate surface area is 117 Å². The zero-order valence-electron chi connectivity index (χ0n) is 12.1. The van der Waals surface area contributed by atoms with E-state index in [1.165, 1.54) is 6.33 Å². The van der Waals surface area contributed by atoms with Gasteiger partial charge >= 0.3 is 5.97 Å². The Hall–Kier alpha value is -2.24. The molecule has 2 aromatic rings. The molecule has 0 aliphatic carbocycles. The Kier molecular flexibility index (Phi) is 4.12. The van der Waals surface area contributed by atoms with Crippen LogP contribution in [0.1, 0.15) is 36.7 Å². The fourth-order valence-electron chi connectivity index (χ4n) is 2.30. The Morgan fingerprint density at radius 3 is 2.80 bits per heavy atom.